The zero-order valence-electron chi connectivity index (χ0n) is 13.2. The highest BCUT2D eigenvalue weighted by molar-refractivity contribution is 5.92. The van der Waals surface area contributed by atoms with Crippen LogP contribution >= 0.6 is 0 Å². The van der Waals surface area contributed by atoms with Crippen LogP contribution in [0.25, 0.3) is 0 Å². The average molecular weight is 315 g/mol. The van der Waals surface area contributed by atoms with E-state index < -0.39 is 0 Å². The minimum absolute atomic E-state index is 0.00394. The third kappa shape index (κ3) is 4.71. The van der Waals surface area contributed by atoms with Crippen LogP contribution in [0, 0.1) is 17.2 Å². The number of rotatable bonds is 5. The van der Waals surface area contributed by atoms with Crippen LogP contribution in [0.4, 0.5) is 11.4 Å². The number of piperidine rings is 1. The lowest BCUT2D eigenvalue weighted by atomic mass is 9.96. The Labute approximate surface area is 136 Å². The standard InChI is InChI=1S/C17H21N3O3/c1-2-23-17(22)13-8-11-20(12-9-13)15-5-3-14(4-6-15)19-16(21)7-10-18/h3-6,13H,2,7-9,11-12H2,1H3,(H,19,21). The van der Waals surface area contributed by atoms with Gasteiger partial charge >= 0.3 is 5.97 Å². The van der Waals surface area contributed by atoms with Crippen LogP contribution in [-0.2, 0) is 14.3 Å². The van der Waals surface area contributed by atoms with Gasteiger partial charge in [0.25, 0.3) is 0 Å². The van der Waals surface area contributed by atoms with E-state index in [2.05, 4.69) is 10.2 Å². The summed E-state index contributed by atoms with van der Waals surface area (Å²) in [6.07, 6.45) is 1.43. The Morgan fingerprint density at radius 3 is 2.52 bits per heavy atom. The SMILES string of the molecule is CCOC(=O)C1CCN(c2ccc(NC(=O)CC#N)cc2)CC1. The normalized spacial score (nSPS) is 14.9. The molecule has 1 saturated heterocycles. The molecule has 0 unspecified atom stereocenters. The van der Waals surface area contributed by atoms with E-state index in [-0.39, 0.29) is 24.2 Å². The highest BCUT2D eigenvalue weighted by atomic mass is 16.5. The lowest BCUT2D eigenvalue weighted by Gasteiger charge is -2.32. The van der Waals surface area contributed by atoms with Crippen LogP contribution in [0.1, 0.15) is 26.2 Å². The van der Waals surface area contributed by atoms with Crippen molar-refractivity contribution in [2.24, 2.45) is 5.92 Å². The van der Waals surface area contributed by atoms with Crippen molar-refractivity contribution in [3.63, 3.8) is 0 Å². The van der Waals surface area contributed by atoms with Crippen LogP contribution in [0.5, 0.6) is 0 Å². The maximum Gasteiger partial charge on any atom is 0.309 e. The first kappa shape index (κ1) is 16.8. The molecule has 0 atom stereocenters. The number of amides is 1. The molecule has 0 spiro atoms. The van der Waals surface area contributed by atoms with Gasteiger partial charge in [0.2, 0.25) is 5.91 Å². The van der Waals surface area contributed by atoms with E-state index in [9.17, 15) is 9.59 Å². The summed E-state index contributed by atoms with van der Waals surface area (Å²) in [4.78, 5) is 25.3. The van der Waals surface area contributed by atoms with Gasteiger partial charge < -0.3 is 15.0 Å². The lowest BCUT2D eigenvalue weighted by molar-refractivity contribution is -0.148. The fraction of sp³-hybridized carbons (Fsp3) is 0.471. The van der Waals surface area contributed by atoms with Crippen molar-refractivity contribution in [1.29, 1.82) is 5.26 Å². The molecule has 1 amide bonds. The van der Waals surface area contributed by atoms with Gasteiger partial charge in [0.15, 0.2) is 0 Å². The minimum atomic E-state index is -0.310. The Hall–Kier alpha value is -2.55. The number of benzene rings is 1. The maximum absolute atomic E-state index is 11.7. The van der Waals surface area contributed by atoms with Crippen molar-refractivity contribution >= 4 is 23.3 Å². The Morgan fingerprint density at radius 1 is 1.30 bits per heavy atom. The molecule has 0 aromatic heterocycles. The monoisotopic (exact) mass is 315 g/mol. The van der Waals surface area contributed by atoms with Gasteiger partial charge in [-0.2, -0.15) is 5.26 Å². The molecule has 0 bridgehead atoms. The van der Waals surface area contributed by atoms with Gasteiger partial charge in [-0.3, -0.25) is 9.59 Å². The largest absolute Gasteiger partial charge is 0.466 e. The van der Waals surface area contributed by atoms with Crippen molar-refractivity contribution in [2.75, 3.05) is 29.9 Å². The summed E-state index contributed by atoms with van der Waals surface area (Å²) in [7, 11) is 0. The second-order valence-corrected chi connectivity index (χ2v) is 5.44. The van der Waals surface area contributed by atoms with E-state index in [0.29, 0.717) is 12.3 Å². The van der Waals surface area contributed by atoms with Crippen molar-refractivity contribution in [3.05, 3.63) is 24.3 Å². The van der Waals surface area contributed by atoms with Crippen molar-refractivity contribution < 1.29 is 14.3 Å². The van der Waals surface area contributed by atoms with Crippen LogP contribution in [0.3, 0.4) is 0 Å². The molecule has 23 heavy (non-hydrogen) atoms. The summed E-state index contributed by atoms with van der Waals surface area (Å²) in [6.45, 7) is 3.87. The molecule has 0 aliphatic carbocycles. The fourth-order valence-corrected chi connectivity index (χ4v) is 2.67. The van der Waals surface area contributed by atoms with E-state index in [0.717, 1.165) is 31.6 Å². The number of nitriles is 1. The van der Waals surface area contributed by atoms with Gasteiger partial charge in [-0.25, -0.2) is 0 Å². The van der Waals surface area contributed by atoms with Crippen molar-refractivity contribution in [2.45, 2.75) is 26.2 Å². The van der Waals surface area contributed by atoms with Gasteiger partial charge in [-0.15, -0.1) is 0 Å². The molecular formula is C17H21N3O3. The first-order chi connectivity index (χ1) is 11.1. The third-order valence-electron chi connectivity index (χ3n) is 3.87. The average Bonchev–Trinajstić information content (AvgIpc) is 2.56. The predicted molar refractivity (Wildman–Crippen MR) is 86.9 cm³/mol. The van der Waals surface area contributed by atoms with Gasteiger partial charge in [0.05, 0.1) is 18.6 Å². The van der Waals surface area contributed by atoms with E-state index in [1.165, 1.54) is 0 Å². The second-order valence-electron chi connectivity index (χ2n) is 5.44. The number of anilines is 2. The summed E-state index contributed by atoms with van der Waals surface area (Å²) in [5.74, 6) is -0.408. The van der Waals surface area contributed by atoms with Gasteiger partial charge in [0.1, 0.15) is 6.42 Å². The van der Waals surface area contributed by atoms with E-state index in [1.807, 2.05) is 37.3 Å². The molecule has 1 aliphatic heterocycles. The Kier molecular flexibility index (Phi) is 5.98. The molecule has 1 N–H and O–H groups in total. The summed E-state index contributed by atoms with van der Waals surface area (Å²) in [5, 5.41) is 11.1. The molecule has 1 fully saturated rings. The van der Waals surface area contributed by atoms with Crippen molar-refractivity contribution in [3.8, 4) is 6.07 Å². The third-order valence-corrected chi connectivity index (χ3v) is 3.87. The van der Waals surface area contributed by atoms with Crippen LogP contribution in [-0.4, -0.2) is 31.6 Å². The quantitative estimate of drug-likeness (QED) is 0.843. The maximum atomic E-state index is 11.7. The summed E-state index contributed by atoms with van der Waals surface area (Å²) in [5.41, 5.74) is 1.74. The van der Waals surface area contributed by atoms with E-state index >= 15 is 0 Å². The molecule has 1 aliphatic rings. The molecule has 6 nitrogen and oxygen atoms in total. The first-order valence-electron chi connectivity index (χ1n) is 7.82. The molecule has 0 radical (unpaired) electrons. The summed E-state index contributed by atoms with van der Waals surface area (Å²) >= 11 is 0. The molecule has 1 aromatic carbocycles. The Morgan fingerprint density at radius 2 is 1.96 bits per heavy atom. The first-order valence-corrected chi connectivity index (χ1v) is 7.82. The molecule has 1 heterocycles. The van der Waals surface area contributed by atoms with Crippen LogP contribution < -0.4 is 10.2 Å². The minimum Gasteiger partial charge on any atom is -0.466 e. The zero-order valence-corrected chi connectivity index (χ0v) is 13.2. The number of esters is 1. The van der Waals surface area contributed by atoms with Crippen molar-refractivity contribution in [1.82, 2.24) is 0 Å². The molecule has 122 valence electrons. The van der Waals surface area contributed by atoms with Gasteiger partial charge in [-0.05, 0) is 44.0 Å². The molecule has 6 heteroatoms. The fourth-order valence-electron chi connectivity index (χ4n) is 2.67. The van der Waals surface area contributed by atoms with Gasteiger partial charge in [0, 0.05) is 24.5 Å². The Balaban J connectivity index is 1.88. The Bertz CT molecular complexity index is 584. The molecule has 1 aromatic rings. The smallest absolute Gasteiger partial charge is 0.309 e. The number of ether oxygens (including phenoxy) is 1. The van der Waals surface area contributed by atoms with Crippen LogP contribution in [0.2, 0.25) is 0 Å². The molecule has 2 rings (SSSR count). The van der Waals surface area contributed by atoms with E-state index in [4.69, 9.17) is 10.00 Å². The second kappa shape index (κ2) is 8.18. The van der Waals surface area contributed by atoms with Crippen LogP contribution in [0.15, 0.2) is 24.3 Å². The number of hydrogen-bond donors (Lipinski definition) is 1. The number of hydrogen-bond acceptors (Lipinski definition) is 5. The number of carbonyl (C=O) groups excluding carboxylic acids is 2. The number of nitrogens with one attached hydrogen (secondary N) is 1. The highest BCUT2D eigenvalue weighted by Crippen LogP contribution is 2.25. The molecule has 0 saturated carbocycles. The number of nitrogens with zero attached hydrogens (tertiary/aromatic N) is 2. The number of carbonyl (C=O) groups is 2. The molecular weight excluding hydrogens is 294 g/mol. The lowest BCUT2D eigenvalue weighted by Crippen LogP contribution is -2.36. The zero-order chi connectivity index (χ0) is 16.7. The van der Waals surface area contributed by atoms with E-state index in [1.54, 1.807) is 0 Å². The summed E-state index contributed by atoms with van der Waals surface area (Å²) < 4.78 is 5.07. The summed E-state index contributed by atoms with van der Waals surface area (Å²) in [6, 6.07) is 9.33. The topological polar surface area (TPSA) is 82.4 Å². The predicted octanol–water partition coefficient (Wildman–Crippen LogP) is 2.32. The highest BCUT2D eigenvalue weighted by Gasteiger charge is 2.25. The van der Waals surface area contributed by atoms with Gasteiger partial charge in [-0.1, -0.05) is 0 Å².